The molecule has 1 fully saturated rings. The van der Waals surface area contributed by atoms with E-state index in [9.17, 15) is 23.1 Å². The molecule has 1 heterocycles. The van der Waals surface area contributed by atoms with Crippen molar-refractivity contribution in [2.24, 2.45) is 5.41 Å². The highest BCUT2D eigenvalue weighted by molar-refractivity contribution is 8.00. The monoisotopic (exact) mass is 377 g/mol. The van der Waals surface area contributed by atoms with Gasteiger partial charge in [-0.15, -0.1) is 24.9 Å². The van der Waals surface area contributed by atoms with Crippen LogP contribution in [-0.2, 0) is 4.79 Å². The molecule has 2 rings (SSSR count). The number of thioether (sulfide) groups is 1. The molecule has 1 unspecified atom stereocenters. The number of amides is 1. The molecule has 1 saturated heterocycles. The molecule has 140 valence electrons. The average molecular weight is 377 g/mol. The van der Waals surface area contributed by atoms with Gasteiger partial charge in [0.2, 0.25) is 5.91 Å². The van der Waals surface area contributed by atoms with Crippen molar-refractivity contribution in [2.75, 3.05) is 18.9 Å². The number of rotatable bonds is 7. The predicted octanol–water partition coefficient (Wildman–Crippen LogP) is 3.96. The lowest BCUT2D eigenvalue weighted by Crippen LogP contribution is -2.30. The molecule has 1 aromatic carbocycles. The Balaban J connectivity index is 2.07. The van der Waals surface area contributed by atoms with Crippen LogP contribution in [0.2, 0.25) is 0 Å². The van der Waals surface area contributed by atoms with Crippen LogP contribution in [-0.4, -0.2) is 41.2 Å². The van der Waals surface area contributed by atoms with E-state index in [1.54, 1.807) is 11.0 Å². The summed E-state index contributed by atoms with van der Waals surface area (Å²) < 4.78 is 41.1. The normalized spacial score (nSPS) is 18.7. The molecule has 0 spiro atoms. The van der Waals surface area contributed by atoms with E-state index in [1.807, 2.05) is 13.8 Å². The van der Waals surface area contributed by atoms with Crippen LogP contribution in [0.5, 0.6) is 5.75 Å². The number of hydrogen-bond acceptors (Lipinski definition) is 4. The van der Waals surface area contributed by atoms with Gasteiger partial charge in [0.1, 0.15) is 11.1 Å². The summed E-state index contributed by atoms with van der Waals surface area (Å²) >= 11 is 1.39. The highest BCUT2D eigenvalue weighted by atomic mass is 32.2. The van der Waals surface area contributed by atoms with E-state index in [2.05, 4.69) is 4.74 Å². The van der Waals surface area contributed by atoms with Crippen LogP contribution in [0.3, 0.4) is 0 Å². The third-order valence-electron chi connectivity index (χ3n) is 4.03. The second-order valence-corrected chi connectivity index (χ2v) is 7.87. The Bertz CT molecular complexity index is 607. The van der Waals surface area contributed by atoms with Gasteiger partial charge in [-0.1, -0.05) is 26.0 Å². The molecule has 0 saturated carbocycles. The maximum absolute atomic E-state index is 12.4. The fourth-order valence-corrected chi connectivity index (χ4v) is 3.85. The molecule has 4 nitrogen and oxygen atoms in total. The summed E-state index contributed by atoms with van der Waals surface area (Å²) in [5, 5.41) is 8.98. The molecule has 0 radical (unpaired) electrons. The van der Waals surface area contributed by atoms with Crippen molar-refractivity contribution >= 4 is 17.7 Å². The summed E-state index contributed by atoms with van der Waals surface area (Å²) in [7, 11) is 0. The molecule has 1 amide bonds. The quantitative estimate of drug-likeness (QED) is 0.782. The number of carbonyl (C=O) groups is 1. The lowest BCUT2D eigenvalue weighted by molar-refractivity contribution is -0.274. The third-order valence-corrected chi connectivity index (χ3v) is 5.28. The first kappa shape index (κ1) is 19.9. The van der Waals surface area contributed by atoms with E-state index in [-0.39, 0.29) is 29.1 Å². The zero-order valence-electron chi connectivity index (χ0n) is 14.2. The van der Waals surface area contributed by atoms with Crippen molar-refractivity contribution in [2.45, 2.75) is 38.4 Å². The van der Waals surface area contributed by atoms with E-state index in [4.69, 9.17) is 0 Å². The minimum atomic E-state index is -4.74. The van der Waals surface area contributed by atoms with Gasteiger partial charge in [0, 0.05) is 13.2 Å². The average Bonchev–Trinajstić information content (AvgIpc) is 2.87. The SMILES string of the molecule is CC(C)(CO)CCCN1C(=O)CSC1c1cccc(OC(F)(F)F)c1. The Hall–Kier alpha value is -1.41. The number of hydrogen-bond donors (Lipinski definition) is 1. The fraction of sp³-hybridized carbons (Fsp3) is 0.588. The van der Waals surface area contributed by atoms with Gasteiger partial charge < -0.3 is 14.7 Å². The zero-order valence-corrected chi connectivity index (χ0v) is 15.0. The predicted molar refractivity (Wildman–Crippen MR) is 90.1 cm³/mol. The summed E-state index contributed by atoms with van der Waals surface area (Å²) in [5.41, 5.74) is 0.394. The number of benzene rings is 1. The Morgan fingerprint density at radius 2 is 2.08 bits per heavy atom. The second kappa shape index (κ2) is 7.86. The largest absolute Gasteiger partial charge is 0.573 e. The van der Waals surface area contributed by atoms with Crippen LogP contribution in [0.1, 0.15) is 37.6 Å². The molecule has 1 aliphatic heterocycles. The Morgan fingerprint density at radius 1 is 1.36 bits per heavy atom. The third kappa shape index (κ3) is 5.81. The van der Waals surface area contributed by atoms with Crippen LogP contribution in [0.4, 0.5) is 13.2 Å². The maximum Gasteiger partial charge on any atom is 0.573 e. The number of aliphatic hydroxyl groups excluding tert-OH is 1. The Kier molecular flexibility index (Phi) is 6.26. The molecule has 25 heavy (non-hydrogen) atoms. The molecule has 1 atom stereocenters. The van der Waals surface area contributed by atoms with E-state index in [0.29, 0.717) is 17.9 Å². The molecule has 8 heteroatoms. The minimum Gasteiger partial charge on any atom is -0.406 e. The molecular weight excluding hydrogens is 355 g/mol. The lowest BCUT2D eigenvalue weighted by atomic mass is 9.89. The van der Waals surface area contributed by atoms with E-state index in [0.717, 1.165) is 12.8 Å². The lowest BCUT2D eigenvalue weighted by Gasteiger charge is -2.27. The topological polar surface area (TPSA) is 49.8 Å². The highest BCUT2D eigenvalue weighted by Gasteiger charge is 2.34. The molecule has 0 aliphatic carbocycles. The summed E-state index contributed by atoms with van der Waals surface area (Å²) in [5.74, 6) is -0.0106. The van der Waals surface area contributed by atoms with Crippen LogP contribution < -0.4 is 4.74 Å². The van der Waals surface area contributed by atoms with Crippen LogP contribution >= 0.6 is 11.8 Å². The van der Waals surface area contributed by atoms with Gasteiger partial charge in [-0.3, -0.25) is 4.79 Å². The van der Waals surface area contributed by atoms with Crippen molar-refractivity contribution in [3.05, 3.63) is 29.8 Å². The van der Waals surface area contributed by atoms with Gasteiger partial charge >= 0.3 is 6.36 Å². The second-order valence-electron chi connectivity index (χ2n) is 6.80. The van der Waals surface area contributed by atoms with E-state index in [1.165, 1.54) is 30.0 Å². The molecule has 0 bridgehead atoms. The zero-order chi connectivity index (χ0) is 18.7. The molecular formula is C17H22F3NO3S. The number of halogens is 3. The van der Waals surface area contributed by atoms with Crippen molar-refractivity contribution in [3.63, 3.8) is 0 Å². The smallest absolute Gasteiger partial charge is 0.406 e. The van der Waals surface area contributed by atoms with Gasteiger partial charge in [-0.2, -0.15) is 0 Å². The summed E-state index contributed by atoms with van der Waals surface area (Å²) in [6, 6.07) is 5.76. The first-order valence-corrected chi connectivity index (χ1v) is 9.04. The van der Waals surface area contributed by atoms with Crippen LogP contribution in [0, 0.1) is 5.41 Å². The van der Waals surface area contributed by atoms with Gasteiger partial charge in [0.15, 0.2) is 0 Å². The van der Waals surface area contributed by atoms with E-state index >= 15 is 0 Å². The summed E-state index contributed by atoms with van der Waals surface area (Å²) in [4.78, 5) is 13.8. The maximum atomic E-state index is 12.4. The molecule has 1 N–H and O–H groups in total. The molecule has 0 aromatic heterocycles. The number of alkyl halides is 3. The van der Waals surface area contributed by atoms with Crippen molar-refractivity contribution in [1.82, 2.24) is 4.90 Å². The minimum absolute atomic E-state index is 0.0288. The van der Waals surface area contributed by atoms with Gasteiger partial charge in [0.25, 0.3) is 0 Å². The molecule has 1 aromatic rings. The number of ether oxygens (including phenoxy) is 1. The fourth-order valence-electron chi connectivity index (χ4n) is 2.64. The summed E-state index contributed by atoms with van der Waals surface area (Å²) in [6.45, 7) is 4.46. The number of aliphatic hydroxyl groups is 1. The van der Waals surface area contributed by atoms with E-state index < -0.39 is 6.36 Å². The first-order valence-electron chi connectivity index (χ1n) is 7.99. The van der Waals surface area contributed by atoms with Crippen LogP contribution in [0.25, 0.3) is 0 Å². The van der Waals surface area contributed by atoms with Gasteiger partial charge in [0.05, 0.1) is 5.75 Å². The Labute approximate surface area is 149 Å². The van der Waals surface area contributed by atoms with Crippen molar-refractivity contribution in [1.29, 1.82) is 0 Å². The van der Waals surface area contributed by atoms with Gasteiger partial charge in [-0.05, 0) is 36.0 Å². The number of carbonyl (C=O) groups excluding carboxylic acids is 1. The number of nitrogens with zero attached hydrogens (tertiary/aromatic N) is 1. The standard InChI is InChI=1S/C17H22F3NO3S/c1-16(2,11-22)7-4-8-21-14(23)10-25-15(21)12-5-3-6-13(9-12)24-17(18,19)20/h3,5-6,9,15,22H,4,7-8,10-11H2,1-2H3. The van der Waals surface area contributed by atoms with Gasteiger partial charge in [-0.25, -0.2) is 0 Å². The first-order chi connectivity index (χ1) is 11.6. The van der Waals surface area contributed by atoms with Crippen molar-refractivity contribution in [3.8, 4) is 5.75 Å². The summed E-state index contributed by atoms with van der Waals surface area (Å²) in [6.07, 6.45) is -3.27. The Morgan fingerprint density at radius 3 is 2.72 bits per heavy atom. The highest BCUT2D eigenvalue weighted by Crippen LogP contribution is 2.40. The van der Waals surface area contributed by atoms with Crippen molar-refractivity contribution < 1.29 is 27.8 Å². The molecule has 1 aliphatic rings. The van der Waals surface area contributed by atoms with Crippen LogP contribution in [0.15, 0.2) is 24.3 Å².